The highest BCUT2D eigenvalue weighted by molar-refractivity contribution is 5.79. The molecule has 2 N–H and O–H groups in total. The third-order valence-corrected chi connectivity index (χ3v) is 7.19. The van der Waals surface area contributed by atoms with E-state index in [-0.39, 0.29) is 17.4 Å². The van der Waals surface area contributed by atoms with E-state index in [9.17, 15) is 9.90 Å². The van der Waals surface area contributed by atoms with Crippen LogP contribution in [-0.2, 0) is 17.8 Å². The molecule has 162 valence electrons. The van der Waals surface area contributed by atoms with Gasteiger partial charge in [0.1, 0.15) is 0 Å². The Morgan fingerprint density at radius 3 is 2.77 bits per heavy atom. The number of hydrogen-bond acceptors (Lipinski definition) is 4. The fourth-order valence-electron chi connectivity index (χ4n) is 5.26. The van der Waals surface area contributed by atoms with Crippen molar-refractivity contribution in [3.63, 3.8) is 0 Å². The second-order valence-corrected chi connectivity index (χ2v) is 9.31. The zero-order valence-corrected chi connectivity index (χ0v) is 18.4. The van der Waals surface area contributed by atoms with Gasteiger partial charge in [0.15, 0.2) is 0 Å². The van der Waals surface area contributed by atoms with Crippen LogP contribution >= 0.6 is 0 Å². The number of piperidine rings is 2. The van der Waals surface area contributed by atoms with Crippen LogP contribution in [0.25, 0.3) is 0 Å². The minimum Gasteiger partial charge on any atom is -0.392 e. The van der Waals surface area contributed by atoms with Crippen LogP contribution in [0, 0.1) is 26.2 Å². The molecule has 2 fully saturated rings. The van der Waals surface area contributed by atoms with Crippen molar-refractivity contribution in [3.8, 4) is 0 Å². The SMILES string of the molecule is Cc1ccccc1CC(=O)N1CCC[C@@]2(CN(Cc3c(C)n[nH]c3C)CC[C@H]2O)C1. The van der Waals surface area contributed by atoms with E-state index < -0.39 is 0 Å². The lowest BCUT2D eigenvalue weighted by Gasteiger charge is -2.51. The number of nitrogens with zero attached hydrogens (tertiary/aromatic N) is 3. The summed E-state index contributed by atoms with van der Waals surface area (Å²) in [6.45, 7) is 10.2. The van der Waals surface area contributed by atoms with E-state index in [1.54, 1.807) is 0 Å². The lowest BCUT2D eigenvalue weighted by molar-refractivity contribution is -0.140. The number of rotatable bonds is 4. The molecular formula is C24H34N4O2. The van der Waals surface area contributed by atoms with Gasteiger partial charge in [0.05, 0.1) is 18.2 Å². The van der Waals surface area contributed by atoms with E-state index in [1.165, 1.54) is 5.56 Å². The molecule has 3 heterocycles. The molecule has 1 aromatic heterocycles. The van der Waals surface area contributed by atoms with Crippen molar-refractivity contribution < 1.29 is 9.90 Å². The van der Waals surface area contributed by atoms with Gasteiger partial charge in [-0.3, -0.25) is 14.8 Å². The van der Waals surface area contributed by atoms with E-state index >= 15 is 0 Å². The molecule has 6 heteroatoms. The summed E-state index contributed by atoms with van der Waals surface area (Å²) >= 11 is 0. The van der Waals surface area contributed by atoms with Crippen molar-refractivity contribution in [2.24, 2.45) is 5.41 Å². The predicted octanol–water partition coefficient (Wildman–Crippen LogP) is 2.75. The van der Waals surface area contributed by atoms with Gasteiger partial charge in [-0.1, -0.05) is 24.3 Å². The van der Waals surface area contributed by atoms with Crippen molar-refractivity contribution in [1.82, 2.24) is 20.0 Å². The zero-order valence-electron chi connectivity index (χ0n) is 18.4. The van der Waals surface area contributed by atoms with Crippen LogP contribution < -0.4 is 0 Å². The first kappa shape index (κ1) is 21.1. The maximum absolute atomic E-state index is 13.1. The van der Waals surface area contributed by atoms with E-state index in [1.807, 2.05) is 30.0 Å². The molecule has 0 radical (unpaired) electrons. The number of hydrogen-bond donors (Lipinski definition) is 2. The molecule has 30 heavy (non-hydrogen) atoms. The van der Waals surface area contributed by atoms with E-state index in [0.29, 0.717) is 13.0 Å². The summed E-state index contributed by atoms with van der Waals surface area (Å²) in [4.78, 5) is 17.5. The number of aliphatic hydroxyl groups excluding tert-OH is 1. The number of aryl methyl sites for hydroxylation is 3. The van der Waals surface area contributed by atoms with Gasteiger partial charge in [0.2, 0.25) is 5.91 Å². The van der Waals surface area contributed by atoms with Gasteiger partial charge in [-0.25, -0.2) is 0 Å². The lowest BCUT2D eigenvalue weighted by atomic mass is 9.71. The van der Waals surface area contributed by atoms with Crippen molar-refractivity contribution >= 4 is 5.91 Å². The van der Waals surface area contributed by atoms with Gasteiger partial charge < -0.3 is 10.0 Å². The van der Waals surface area contributed by atoms with E-state index in [2.05, 4.69) is 35.0 Å². The maximum Gasteiger partial charge on any atom is 0.227 e. The second kappa shape index (κ2) is 8.52. The highest BCUT2D eigenvalue weighted by Crippen LogP contribution is 2.39. The van der Waals surface area contributed by atoms with Crippen molar-refractivity contribution in [2.75, 3.05) is 26.2 Å². The lowest BCUT2D eigenvalue weighted by Crippen LogP contribution is -2.59. The second-order valence-electron chi connectivity index (χ2n) is 9.31. The Hall–Kier alpha value is -2.18. The third-order valence-electron chi connectivity index (χ3n) is 7.19. The Morgan fingerprint density at radius 1 is 1.23 bits per heavy atom. The molecule has 2 aliphatic heterocycles. The Morgan fingerprint density at radius 2 is 2.03 bits per heavy atom. The average molecular weight is 411 g/mol. The molecule has 2 aliphatic rings. The Bertz CT molecular complexity index is 889. The summed E-state index contributed by atoms with van der Waals surface area (Å²) in [5.74, 6) is 0.175. The predicted molar refractivity (Wildman–Crippen MR) is 117 cm³/mol. The Labute approximate surface area is 179 Å². The first-order chi connectivity index (χ1) is 14.4. The minimum absolute atomic E-state index is 0.175. The van der Waals surface area contributed by atoms with Crippen molar-refractivity contribution in [3.05, 3.63) is 52.3 Å². The summed E-state index contributed by atoms with van der Waals surface area (Å²) in [6.07, 6.45) is 2.77. The normalized spacial score (nSPS) is 25.1. The van der Waals surface area contributed by atoms with Gasteiger partial charge in [-0.15, -0.1) is 0 Å². The largest absolute Gasteiger partial charge is 0.392 e. The summed E-state index contributed by atoms with van der Waals surface area (Å²) in [5.41, 5.74) is 5.44. The summed E-state index contributed by atoms with van der Waals surface area (Å²) < 4.78 is 0. The third kappa shape index (κ3) is 4.16. The highest BCUT2D eigenvalue weighted by Gasteiger charge is 2.46. The molecule has 0 bridgehead atoms. The van der Waals surface area contributed by atoms with Crippen LogP contribution in [0.5, 0.6) is 0 Å². The molecule has 0 aliphatic carbocycles. The number of likely N-dealkylation sites (tertiary alicyclic amines) is 2. The Kier molecular flexibility index (Phi) is 5.98. The van der Waals surface area contributed by atoms with Gasteiger partial charge in [-0.05, 0) is 51.2 Å². The average Bonchev–Trinajstić information content (AvgIpc) is 3.04. The first-order valence-corrected chi connectivity index (χ1v) is 11.1. The number of benzene rings is 1. The summed E-state index contributed by atoms with van der Waals surface area (Å²) in [7, 11) is 0. The van der Waals surface area contributed by atoms with E-state index in [4.69, 9.17) is 0 Å². The molecular weight excluding hydrogens is 376 g/mol. The summed E-state index contributed by atoms with van der Waals surface area (Å²) in [6, 6.07) is 8.11. The molecule has 2 aromatic rings. The molecule has 4 rings (SSSR count). The minimum atomic E-state index is -0.352. The number of carbonyl (C=O) groups excluding carboxylic acids is 1. The van der Waals surface area contributed by atoms with Crippen molar-refractivity contribution in [1.29, 1.82) is 0 Å². The molecule has 0 saturated carbocycles. The topological polar surface area (TPSA) is 72.5 Å². The summed E-state index contributed by atoms with van der Waals surface area (Å²) in [5, 5.41) is 18.4. The molecule has 6 nitrogen and oxygen atoms in total. The van der Waals surface area contributed by atoms with Crippen LogP contribution in [0.1, 0.15) is 47.3 Å². The molecule has 2 saturated heterocycles. The fraction of sp³-hybridized carbons (Fsp3) is 0.583. The maximum atomic E-state index is 13.1. The highest BCUT2D eigenvalue weighted by atomic mass is 16.3. The van der Waals surface area contributed by atoms with Gasteiger partial charge in [0.25, 0.3) is 0 Å². The van der Waals surface area contributed by atoms with Crippen LogP contribution in [0.3, 0.4) is 0 Å². The zero-order chi connectivity index (χ0) is 21.3. The molecule has 1 aromatic carbocycles. The van der Waals surface area contributed by atoms with Gasteiger partial charge in [-0.2, -0.15) is 5.10 Å². The standard InChI is InChI=1S/C24H34N4O2/c1-17-7-4-5-8-20(17)13-23(30)28-11-6-10-24(16-28)15-27(12-9-22(24)29)14-21-18(2)25-26-19(21)3/h4-5,7-8,22,29H,6,9-16H2,1-3H3,(H,25,26)/t22-,24-/m1/s1. The number of nitrogens with one attached hydrogen (secondary N) is 1. The van der Waals surface area contributed by atoms with Crippen LogP contribution in [0.15, 0.2) is 24.3 Å². The van der Waals surface area contributed by atoms with E-state index in [0.717, 1.165) is 68.0 Å². The number of amides is 1. The first-order valence-electron chi connectivity index (χ1n) is 11.1. The van der Waals surface area contributed by atoms with Crippen LogP contribution in [-0.4, -0.2) is 63.3 Å². The number of aromatic amines is 1. The number of aliphatic hydroxyl groups is 1. The number of carbonyl (C=O) groups is 1. The van der Waals surface area contributed by atoms with Gasteiger partial charge in [0, 0.05) is 49.4 Å². The molecule has 0 unspecified atom stereocenters. The molecule has 2 atom stereocenters. The van der Waals surface area contributed by atoms with Gasteiger partial charge >= 0.3 is 0 Å². The van der Waals surface area contributed by atoms with Crippen molar-refractivity contribution in [2.45, 2.75) is 59.1 Å². The number of H-pyrrole nitrogens is 1. The number of aromatic nitrogens is 2. The Balaban J connectivity index is 1.46. The fourth-order valence-corrected chi connectivity index (χ4v) is 5.26. The van der Waals surface area contributed by atoms with Crippen LogP contribution in [0.2, 0.25) is 0 Å². The molecule has 1 spiro atoms. The van der Waals surface area contributed by atoms with Crippen LogP contribution in [0.4, 0.5) is 0 Å². The quantitative estimate of drug-likeness (QED) is 0.813. The monoisotopic (exact) mass is 410 g/mol. The molecule has 1 amide bonds. The smallest absolute Gasteiger partial charge is 0.227 e.